The Balaban J connectivity index is 1.42. The van der Waals surface area contributed by atoms with Gasteiger partial charge in [-0.15, -0.1) is 0 Å². The van der Waals surface area contributed by atoms with E-state index in [2.05, 4.69) is 21.8 Å². The first-order valence-electron chi connectivity index (χ1n) is 10.5. The Morgan fingerprint density at radius 3 is 2.68 bits per heavy atom. The molecule has 2 aromatic heterocycles. The number of hydrogen-bond donors (Lipinski definition) is 2. The molecule has 0 aliphatic heterocycles. The third-order valence-electron chi connectivity index (χ3n) is 5.66. The van der Waals surface area contributed by atoms with Gasteiger partial charge in [0.25, 0.3) is 0 Å². The fourth-order valence-corrected chi connectivity index (χ4v) is 4.39. The number of carbonyl (C=O) groups is 1. The molecule has 0 radical (unpaired) electrons. The van der Waals surface area contributed by atoms with Gasteiger partial charge >= 0.3 is 6.09 Å². The van der Waals surface area contributed by atoms with Crippen LogP contribution in [0, 0.1) is 0 Å². The molecular formula is C21H31N5O2. The summed E-state index contributed by atoms with van der Waals surface area (Å²) in [6, 6.07) is 4.57. The zero-order valence-electron chi connectivity index (χ0n) is 17.1. The van der Waals surface area contributed by atoms with Crippen LogP contribution in [0.3, 0.4) is 0 Å². The molecule has 4 rings (SSSR count). The second-order valence-corrected chi connectivity index (χ2v) is 9.15. The van der Waals surface area contributed by atoms with Crippen molar-refractivity contribution in [3.63, 3.8) is 0 Å². The smallest absolute Gasteiger partial charge is 0.407 e. The predicted octanol–water partition coefficient (Wildman–Crippen LogP) is 4.24. The van der Waals surface area contributed by atoms with Crippen molar-refractivity contribution in [2.75, 3.05) is 5.32 Å². The lowest BCUT2D eigenvalue weighted by Gasteiger charge is -2.22. The summed E-state index contributed by atoms with van der Waals surface area (Å²) in [5.41, 5.74) is 1.60. The van der Waals surface area contributed by atoms with Crippen molar-refractivity contribution in [3.8, 4) is 0 Å². The summed E-state index contributed by atoms with van der Waals surface area (Å²) in [6.07, 6.45) is 9.32. The van der Waals surface area contributed by atoms with Gasteiger partial charge in [0.2, 0.25) is 0 Å². The molecular weight excluding hydrogens is 354 g/mol. The van der Waals surface area contributed by atoms with Gasteiger partial charge in [-0.3, -0.25) is 0 Å². The molecule has 2 aliphatic carbocycles. The van der Waals surface area contributed by atoms with E-state index in [9.17, 15) is 4.79 Å². The first kappa shape index (κ1) is 19.0. The zero-order chi connectivity index (χ0) is 19.7. The van der Waals surface area contributed by atoms with Gasteiger partial charge in [0.1, 0.15) is 11.4 Å². The molecule has 2 atom stereocenters. The van der Waals surface area contributed by atoms with Gasteiger partial charge in [-0.1, -0.05) is 12.8 Å². The molecule has 7 nitrogen and oxygen atoms in total. The minimum atomic E-state index is -0.473. The van der Waals surface area contributed by atoms with E-state index >= 15 is 0 Å². The number of alkyl carbamates (subject to hydrolysis) is 1. The Hall–Kier alpha value is -2.31. The van der Waals surface area contributed by atoms with Crippen LogP contribution in [0.1, 0.15) is 77.3 Å². The maximum Gasteiger partial charge on any atom is 0.407 e. The molecule has 2 aromatic rings. The van der Waals surface area contributed by atoms with E-state index in [0.717, 1.165) is 30.7 Å². The zero-order valence-corrected chi connectivity index (χ0v) is 17.1. The average molecular weight is 386 g/mol. The van der Waals surface area contributed by atoms with Gasteiger partial charge in [-0.2, -0.15) is 9.61 Å². The van der Waals surface area contributed by atoms with E-state index in [4.69, 9.17) is 9.72 Å². The fourth-order valence-electron chi connectivity index (χ4n) is 4.39. The van der Waals surface area contributed by atoms with Crippen LogP contribution in [0.5, 0.6) is 0 Å². The Kier molecular flexibility index (Phi) is 5.17. The molecule has 2 N–H and O–H groups in total. The van der Waals surface area contributed by atoms with Crippen molar-refractivity contribution >= 4 is 17.6 Å². The molecule has 0 bridgehead atoms. The number of anilines is 1. The summed E-state index contributed by atoms with van der Waals surface area (Å²) in [5, 5.41) is 11.1. The first-order valence-corrected chi connectivity index (χ1v) is 10.5. The molecule has 2 heterocycles. The van der Waals surface area contributed by atoms with Crippen molar-refractivity contribution in [3.05, 3.63) is 24.0 Å². The Morgan fingerprint density at radius 1 is 1.18 bits per heavy atom. The minimum absolute atomic E-state index is 0.136. The van der Waals surface area contributed by atoms with E-state index in [1.54, 1.807) is 6.20 Å². The van der Waals surface area contributed by atoms with Crippen LogP contribution in [0.25, 0.3) is 5.65 Å². The van der Waals surface area contributed by atoms with Gasteiger partial charge < -0.3 is 15.4 Å². The summed E-state index contributed by atoms with van der Waals surface area (Å²) in [5.74, 6) is 1.56. The molecule has 28 heavy (non-hydrogen) atoms. The van der Waals surface area contributed by atoms with Crippen LogP contribution < -0.4 is 10.6 Å². The molecule has 7 heteroatoms. The SMILES string of the molecule is CC(C)(C)OC(=O)N[C@H]1CC[C@H](Nc2cc(C3CCCC3)nc3ccnn23)C1. The first-order chi connectivity index (χ1) is 13.4. The third-order valence-corrected chi connectivity index (χ3v) is 5.66. The molecule has 0 aromatic carbocycles. The highest BCUT2D eigenvalue weighted by Crippen LogP contribution is 2.34. The second kappa shape index (κ2) is 7.60. The number of nitrogens with zero attached hydrogens (tertiary/aromatic N) is 3. The summed E-state index contributed by atoms with van der Waals surface area (Å²) in [7, 11) is 0. The van der Waals surface area contributed by atoms with Crippen LogP contribution in [-0.4, -0.2) is 38.4 Å². The van der Waals surface area contributed by atoms with Crippen molar-refractivity contribution in [1.82, 2.24) is 19.9 Å². The third kappa shape index (κ3) is 4.39. The number of ether oxygens (including phenoxy) is 1. The second-order valence-electron chi connectivity index (χ2n) is 9.15. The van der Waals surface area contributed by atoms with Crippen molar-refractivity contribution < 1.29 is 9.53 Å². The number of nitrogens with one attached hydrogen (secondary N) is 2. The van der Waals surface area contributed by atoms with E-state index in [-0.39, 0.29) is 12.1 Å². The fraction of sp³-hybridized carbons (Fsp3) is 0.667. The van der Waals surface area contributed by atoms with Crippen LogP contribution in [0.15, 0.2) is 18.3 Å². The molecule has 0 unspecified atom stereocenters. The van der Waals surface area contributed by atoms with Gasteiger partial charge in [0.15, 0.2) is 5.65 Å². The monoisotopic (exact) mass is 385 g/mol. The molecule has 2 fully saturated rings. The minimum Gasteiger partial charge on any atom is -0.444 e. The van der Waals surface area contributed by atoms with Crippen LogP contribution in [0.2, 0.25) is 0 Å². The maximum atomic E-state index is 12.0. The summed E-state index contributed by atoms with van der Waals surface area (Å²) < 4.78 is 7.26. The average Bonchev–Trinajstić information content (AvgIpc) is 3.34. The van der Waals surface area contributed by atoms with Crippen LogP contribution in [0.4, 0.5) is 10.6 Å². The lowest BCUT2D eigenvalue weighted by molar-refractivity contribution is 0.0505. The van der Waals surface area contributed by atoms with E-state index < -0.39 is 5.60 Å². The van der Waals surface area contributed by atoms with Crippen LogP contribution in [-0.2, 0) is 4.74 Å². The Bertz CT molecular complexity index is 835. The van der Waals surface area contributed by atoms with Gasteiger partial charge in [-0.05, 0) is 52.9 Å². The number of amides is 1. The van der Waals surface area contributed by atoms with Gasteiger partial charge in [0.05, 0.1) is 6.20 Å². The van der Waals surface area contributed by atoms with Crippen LogP contribution >= 0.6 is 0 Å². The highest BCUT2D eigenvalue weighted by atomic mass is 16.6. The van der Waals surface area contributed by atoms with Gasteiger partial charge in [-0.25, -0.2) is 9.78 Å². The topological polar surface area (TPSA) is 80.5 Å². The van der Waals surface area contributed by atoms with Crippen molar-refractivity contribution in [2.24, 2.45) is 0 Å². The van der Waals surface area contributed by atoms with E-state index in [1.165, 1.54) is 31.4 Å². The standard InChI is InChI=1S/C21H31N5O2/c1-21(2,3)28-20(27)24-16-9-8-15(12-16)23-19-13-17(14-6-4-5-7-14)25-18-10-11-22-26(18)19/h10-11,13-16,23H,4-9,12H2,1-3H3,(H,24,27)/t15-,16-/m0/s1. The summed E-state index contributed by atoms with van der Waals surface area (Å²) in [4.78, 5) is 16.9. The molecule has 2 aliphatic rings. The number of carbonyl (C=O) groups excluding carboxylic acids is 1. The highest BCUT2D eigenvalue weighted by Gasteiger charge is 2.28. The lowest BCUT2D eigenvalue weighted by Crippen LogP contribution is -2.38. The molecule has 2 saturated carbocycles. The maximum absolute atomic E-state index is 12.0. The van der Waals surface area contributed by atoms with Crippen molar-refractivity contribution in [1.29, 1.82) is 0 Å². The quantitative estimate of drug-likeness (QED) is 0.823. The number of rotatable bonds is 4. The lowest BCUT2D eigenvalue weighted by atomic mass is 10.0. The van der Waals surface area contributed by atoms with Crippen molar-refractivity contribution in [2.45, 2.75) is 89.3 Å². The number of hydrogen-bond acceptors (Lipinski definition) is 5. The predicted molar refractivity (Wildman–Crippen MR) is 109 cm³/mol. The molecule has 1 amide bonds. The molecule has 0 spiro atoms. The van der Waals surface area contributed by atoms with E-state index in [0.29, 0.717) is 12.0 Å². The number of aromatic nitrogens is 3. The van der Waals surface area contributed by atoms with Gasteiger partial charge in [0, 0.05) is 35.8 Å². The largest absolute Gasteiger partial charge is 0.444 e. The normalized spacial score (nSPS) is 23.2. The molecule has 152 valence electrons. The Labute approximate surface area is 166 Å². The summed E-state index contributed by atoms with van der Waals surface area (Å²) in [6.45, 7) is 5.64. The Morgan fingerprint density at radius 2 is 1.93 bits per heavy atom. The van der Waals surface area contributed by atoms with E-state index in [1.807, 2.05) is 31.4 Å². The summed E-state index contributed by atoms with van der Waals surface area (Å²) >= 11 is 0. The number of fused-ring (bicyclic) bond motifs is 1. The molecule has 0 saturated heterocycles. The highest BCUT2D eigenvalue weighted by molar-refractivity contribution is 5.68.